The van der Waals surface area contributed by atoms with Gasteiger partial charge in [0.25, 0.3) is 0 Å². The minimum Gasteiger partial charge on any atom is -0.496 e. The van der Waals surface area contributed by atoms with Gasteiger partial charge in [0.2, 0.25) is 5.95 Å². The monoisotopic (exact) mass is 243 g/mol. The fourth-order valence-electron chi connectivity index (χ4n) is 2.06. The fourth-order valence-corrected chi connectivity index (χ4v) is 2.06. The molecular formula is C14H17N3O. The van der Waals surface area contributed by atoms with Crippen LogP contribution in [-0.4, -0.2) is 24.1 Å². The van der Waals surface area contributed by atoms with E-state index in [0.717, 1.165) is 28.1 Å². The molecule has 0 spiro atoms. The number of rotatable bonds is 3. The normalized spacial score (nSPS) is 10.2. The van der Waals surface area contributed by atoms with Crippen molar-refractivity contribution in [2.45, 2.75) is 13.8 Å². The summed E-state index contributed by atoms with van der Waals surface area (Å²) in [7, 11) is 3.50. The highest BCUT2D eigenvalue weighted by Crippen LogP contribution is 2.29. The maximum atomic E-state index is 5.37. The van der Waals surface area contributed by atoms with Crippen LogP contribution >= 0.6 is 0 Å². The van der Waals surface area contributed by atoms with Crippen LogP contribution in [0.4, 0.5) is 5.95 Å². The third-order valence-electron chi connectivity index (χ3n) is 2.84. The Morgan fingerprint density at radius 2 is 1.83 bits per heavy atom. The molecule has 0 fully saturated rings. The molecule has 0 unspecified atom stereocenters. The Bertz CT molecular complexity index is 544. The van der Waals surface area contributed by atoms with Crippen LogP contribution in [0.1, 0.15) is 11.1 Å². The quantitative estimate of drug-likeness (QED) is 0.900. The lowest BCUT2D eigenvalue weighted by Gasteiger charge is -2.11. The first-order chi connectivity index (χ1) is 8.65. The number of nitrogens with one attached hydrogen (secondary N) is 1. The molecule has 4 nitrogen and oxygen atoms in total. The topological polar surface area (TPSA) is 47.0 Å². The molecule has 1 aromatic heterocycles. The molecule has 0 aliphatic carbocycles. The van der Waals surface area contributed by atoms with Crippen molar-refractivity contribution in [3.63, 3.8) is 0 Å². The second kappa shape index (κ2) is 5.04. The third-order valence-corrected chi connectivity index (χ3v) is 2.84. The van der Waals surface area contributed by atoms with Crippen molar-refractivity contribution >= 4 is 5.95 Å². The lowest BCUT2D eigenvalue weighted by Crippen LogP contribution is -1.98. The fraction of sp³-hybridized carbons (Fsp3) is 0.286. The highest BCUT2D eigenvalue weighted by atomic mass is 16.5. The largest absolute Gasteiger partial charge is 0.496 e. The van der Waals surface area contributed by atoms with Gasteiger partial charge in [0.05, 0.1) is 12.8 Å². The van der Waals surface area contributed by atoms with Crippen molar-refractivity contribution in [2.24, 2.45) is 0 Å². The van der Waals surface area contributed by atoms with Gasteiger partial charge in [-0.25, -0.2) is 9.97 Å². The molecule has 0 saturated heterocycles. The van der Waals surface area contributed by atoms with Crippen LogP contribution in [0.5, 0.6) is 5.75 Å². The number of methoxy groups -OCH3 is 1. The lowest BCUT2D eigenvalue weighted by atomic mass is 10.0. The average molecular weight is 243 g/mol. The molecule has 18 heavy (non-hydrogen) atoms. The molecule has 94 valence electrons. The van der Waals surface area contributed by atoms with Crippen molar-refractivity contribution in [3.8, 4) is 17.0 Å². The zero-order valence-corrected chi connectivity index (χ0v) is 11.1. The van der Waals surface area contributed by atoms with Crippen molar-refractivity contribution in [1.29, 1.82) is 0 Å². The van der Waals surface area contributed by atoms with Crippen LogP contribution in [-0.2, 0) is 0 Å². The van der Waals surface area contributed by atoms with E-state index >= 15 is 0 Å². The average Bonchev–Trinajstić information content (AvgIpc) is 2.38. The molecule has 2 rings (SSSR count). The second-order valence-electron chi connectivity index (χ2n) is 4.16. The Kier molecular flexibility index (Phi) is 3.46. The molecule has 0 bridgehead atoms. The van der Waals surface area contributed by atoms with E-state index in [-0.39, 0.29) is 0 Å². The van der Waals surface area contributed by atoms with E-state index in [1.165, 1.54) is 0 Å². The Morgan fingerprint density at radius 3 is 2.39 bits per heavy atom. The van der Waals surface area contributed by atoms with Gasteiger partial charge in [-0.15, -0.1) is 0 Å². The minimum absolute atomic E-state index is 0.624. The van der Waals surface area contributed by atoms with E-state index in [4.69, 9.17) is 4.74 Å². The van der Waals surface area contributed by atoms with Gasteiger partial charge >= 0.3 is 0 Å². The Hall–Kier alpha value is -2.10. The number of aryl methyl sites for hydroxylation is 2. The Morgan fingerprint density at radius 1 is 1.17 bits per heavy atom. The number of hydrogen-bond donors (Lipinski definition) is 1. The summed E-state index contributed by atoms with van der Waals surface area (Å²) >= 11 is 0. The molecule has 0 aliphatic rings. The molecule has 1 aromatic carbocycles. The molecule has 0 aliphatic heterocycles. The summed E-state index contributed by atoms with van der Waals surface area (Å²) in [6, 6.07) is 6.06. The Labute approximate surface area is 107 Å². The summed E-state index contributed by atoms with van der Waals surface area (Å²) in [5, 5.41) is 2.94. The molecule has 4 heteroatoms. The number of hydrogen-bond acceptors (Lipinski definition) is 4. The van der Waals surface area contributed by atoms with Crippen LogP contribution in [0, 0.1) is 13.8 Å². The predicted molar refractivity (Wildman–Crippen MR) is 73.0 cm³/mol. The van der Waals surface area contributed by atoms with Crippen molar-refractivity contribution in [2.75, 3.05) is 19.5 Å². The summed E-state index contributed by atoms with van der Waals surface area (Å²) in [4.78, 5) is 8.55. The molecular weight excluding hydrogens is 226 g/mol. The van der Waals surface area contributed by atoms with Crippen molar-refractivity contribution in [1.82, 2.24) is 9.97 Å². The maximum absolute atomic E-state index is 5.37. The number of ether oxygens (including phenoxy) is 1. The van der Waals surface area contributed by atoms with Crippen LogP contribution in [0.25, 0.3) is 11.3 Å². The van der Waals surface area contributed by atoms with Gasteiger partial charge in [-0.3, -0.25) is 0 Å². The van der Waals surface area contributed by atoms with E-state index in [2.05, 4.69) is 27.4 Å². The van der Waals surface area contributed by atoms with Crippen LogP contribution in [0.3, 0.4) is 0 Å². The molecule has 1 heterocycles. The van der Waals surface area contributed by atoms with Gasteiger partial charge in [-0.2, -0.15) is 0 Å². The highest BCUT2D eigenvalue weighted by molar-refractivity contribution is 5.64. The van der Waals surface area contributed by atoms with E-state index in [1.54, 1.807) is 13.3 Å². The van der Waals surface area contributed by atoms with E-state index in [9.17, 15) is 0 Å². The summed E-state index contributed by atoms with van der Waals surface area (Å²) < 4.78 is 5.37. The van der Waals surface area contributed by atoms with Gasteiger partial charge < -0.3 is 10.1 Å². The molecule has 2 aromatic rings. The van der Waals surface area contributed by atoms with E-state index in [1.807, 2.05) is 27.0 Å². The van der Waals surface area contributed by atoms with E-state index in [0.29, 0.717) is 5.95 Å². The van der Waals surface area contributed by atoms with Crippen LogP contribution < -0.4 is 10.1 Å². The molecule has 0 atom stereocenters. The smallest absolute Gasteiger partial charge is 0.222 e. The second-order valence-corrected chi connectivity index (χ2v) is 4.16. The first-order valence-corrected chi connectivity index (χ1v) is 5.82. The first-order valence-electron chi connectivity index (χ1n) is 5.82. The molecule has 0 amide bonds. The number of nitrogens with zero attached hydrogens (tertiary/aromatic N) is 2. The van der Waals surface area contributed by atoms with Crippen LogP contribution in [0.2, 0.25) is 0 Å². The third kappa shape index (κ3) is 2.27. The standard InChI is InChI=1S/C14H17N3O/c1-9-7-11(8-10(2)13(9)18-4)12-5-6-16-14(15-3)17-12/h5-8H,1-4H3,(H,15,16,17). The summed E-state index contributed by atoms with van der Waals surface area (Å²) in [6.07, 6.45) is 1.75. The summed E-state index contributed by atoms with van der Waals surface area (Å²) in [5.41, 5.74) is 4.20. The van der Waals surface area contributed by atoms with E-state index < -0.39 is 0 Å². The predicted octanol–water partition coefficient (Wildman–Crippen LogP) is 2.81. The number of benzene rings is 1. The van der Waals surface area contributed by atoms with Gasteiger partial charge in [0.1, 0.15) is 5.75 Å². The molecule has 0 saturated carbocycles. The zero-order chi connectivity index (χ0) is 13.1. The number of aromatic nitrogens is 2. The van der Waals surface area contributed by atoms with Crippen molar-refractivity contribution < 1.29 is 4.74 Å². The maximum Gasteiger partial charge on any atom is 0.222 e. The SMILES string of the molecule is CNc1nccc(-c2cc(C)c(OC)c(C)c2)n1. The van der Waals surface area contributed by atoms with Crippen molar-refractivity contribution in [3.05, 3.63) is 35.5 Å². The van der Waals surface area contributed by atoms with Gasteiger partial charge in [-0.1, -0.05) is 0 Å². The highest BCUT2D eigenvalue weighted by Gasteiger charge is 2.08. The molecule has 0 radical (unpaired) electrons. The molecule has 1 N–H and O–H groups in total. The first kappa shape index (κ1) is 12.4. The van der Waals surface area contributed by atoms with Crippen LogP contribution in [0.15, 0.2) is 24.4 Å². The summed E-state index contributed by atoms with van der Waals surface area (Å²) in [5.74, 6) is 1.56. The van der Waals surface area contributed by atoms with Gasteiger partial charge in [0, 0.05) is 18.8 Å². The zero-order valence-electron chi connectivity index (χ0n) is 11.1. The van der Waals surface area contributed by atoms with Gasteiger partial charge in [-0.05, 0) is 43.2 Å². The number of anilines is 1. The minimum atomic E-state index is 0.624. The summed E-state index contributed by atoms with van der Waals surface area (Å²) in [6.45, 7) is 4.07. The van der Waals surface area contributed by atoms with Gasteiger partial charge in [0.15, 0.2) is 0 Å². The Balaban J connectivity index is 2.51. The lowest BCUT2D eigenvalue weighted by molar-refractivity contribution is 0.408.